The Morgan fingerprint density at radius 3 is 2.49 bits per heavy atom. The van der Waals surface area contributed by atoms with Crippen LogP contribution in [-0.2, 0) is 27.3 Å². The van der Waals surface area contributed by atoms with Gasteiger partial charge < -0.3 is 35.2 Å². The lowest BCUT2D eigenvalue weighted by molar-refractivity contribution is -0.136. The monoisotopic (exact) mass is 723 g/mol. The molecule has 2 fully saturated rings. The van der Waals surface area contributed by atoms with Crippen LogP contribution < -0.4 is 20.5 Å². The van der Waals surface area contributed by atoms with Crippen LogP contribution in [0.4, 0.5) is 5.69 Å². The van der Waals surface area contributed by atoms with Gasteiger partial charge in [-0.05, 0) is 117 Å². The number of nitrogens with two attached hydrogens (primary N) is 1. The number of fused-ring (bicyclic) bond motifs is 3. The van der Waals surface area contributed by atoms with Gasteiger partial charge in [0.2, 0.25) is 17.7 Å². The fraction of sp³-hybridized carbons (Fsp3) is 0.476. The van der Waals surface area contributed by atoms with E-state index in [2.05, 4.69) is 10.2 Å². The van der Waals surface area contributed by atoms with Crippen LogP contribution in [0.3, 0.4) is 0 Å². The van der Waals surface area contributed by atoms with E-state index >= 15 is 0 Å². The van der Waals surface area contributed by atoms with Crippen LogP contribution in [0.5, 0.6) is 11.5 Å². The molecule has 53 heavy (non-hydrogen) atoms. The Morgan fingerprint density at radius 2 is 1.79 bits per heavy atom. The van der Waals surface area contributed by atoms with Crippen molar-refractivity contribution in [2.24, 2.45) is 23.5 Å². The molecule has 3 aliphatic rings. The number of carbonyl (C=O) groups is 4. The smallest absolute Gasteiger partial charge is 0.254 e. The van der Waals surface area contributed by atoms with E-state index in [4.69, 9.17) is 15.2 Å². The van der Waals surface area contributed by atoms with Gasteiger partial charge in [-0.3, -0.25) is 19.2 Å². The molecule has 0 aromatic heterocycles. The second kappa shape index (κ2) is 17.3. The highest BCUT2D eigenvalue weighted by molar-refractivity contribution is 6.00. The second-order valence-corrected chi connectivity index (χ2v) is 15.2. The van der Waals surface area contributed by atoms with Crippen molar-refractivity contribution in [2.45, 2.75) is 64.0 Å². The molecule has 1 aliphatic heterocycles. The molecule has 2 aliphatic carbocycles. The average Bonchev–Trinajstić information content (AvgIpc) is 3.76. The third kappa shape index (κ3) is 9.75. The Balaban J connectivity index is 1.19. The maximum absolute atomic E-state index is 14.4. The number of hydrogen-bond donors (Lipinski definition) is 2. The van der Waals surface area contributed by atoms with Crippen molar-refractivity contribution >= 4 is 29.3 Å². The van der Waals surface area contributed by atoms with Crippen molar-refractivity contribution in [1.29, 1.82) is 0 Å². The minimum Gasteiger partial charge on any atom is -0.497 e. The van der Waals surface area contributed by atoms with E-state index in [0.29, 0.717) is 48.3 Å². The van der Waals surface area contributed by atoms with Crippen molar-refractivity contribution in [2.75, 3.05) is 52.8 Å². The van der Waals surface area contributed by atoms with Crippen LogP contribution in [0.2, 0.25) is 0 Å². The maximum Gasteiger partial charge on any atom is 0.254 e. The van der Waals surface area contributed by atoms with Crippen LogP contribution in [0, 0.1) is 17.8 Å². The minimum atomic E-state index is -0.624. The van der Waals surface area contributed by atoms with E-state index in [1.165, 1.54) is 24.2 Å². The summed E-state index contributed by atoms with van der Waals surface area (Å²) in [7, 11) is 5.63. The number of nitrogens with one attached hydrogen (secondary N) is 1. The summed E-state index contributed by atoms with van der Waals surface area (Å²) in [6.07, 6.45) is 6.83. The lowest BCUT2D eigenvalue weighted by atomic mass is 9.86. The van der Waals surface area contributed by atoms with Gasteiger partial charge in [0.1, 0.15) is 11.5 Å². The highest BCUT2D eigenvalue weighted by Gasteiger charge is 2.40. The van der Waals surface area contributed by atoms with Crippen LogP contribution in [0.15, 0.2) is 66.7 Å². The molecule has 3 aromatic carbocycles. The number of nitrogens with zero attached hydrogens (tertiary/aromatic N) is 3. The largest absolute Gasteiger partial charge is 0.497 e. The number of rotatable bonds is 17. The summed E-state index contributed by atoms with van der Waals surface area (Å²) in [6.45, 7) is 1.56. The number of primary amides is 1. The SMILES string of the molecule is COc1cccc(CN(CC(N)=O)C(=O)CCN2C(=O)c3cc(NC(=O)CC4C[C@@H]5CC[C@@H]4C5)ccc3CC2c2ccc(OCCCN(C)C)cc2)c1. The van der Waals surface area contributed by atoms with Crippen molar-refractivity contribution in [3.63, 3.8) is 0 Å². The zero-order chi connectivity index (χ0) is 37.5. The van der Waals surface area contributed by atoms with Crippen LogP contribution in [0.25, 0.3) is 0 Å². The van der Waals surface area contributed by atoms with Gasteiger partial charge in [0.05, 0.1) is 26.3 Å². The van der Waals surface area contributed by atoms with E-state index in [-0.39, 0.29) is 49.8 Å². The topological polar surface area (TPSA) is 135 Å². The maximum atomic E-state index is 14.4. The highest BCUT2D eigenvalue weighted by Crippen LogP contribution is 2.49. The number of hydrogen-bond acceptors (Lipinski definition) is 7. The van der Waals surface area contributed by atoms with Gasteiger partial charge in [-0.25, -0.2) is 0 Å². The molecule has 3 N–H and O–H groups in total. The first kappa shape index (κ1) is 37.8. The zero-order valence-electron chi connectivity index (χ0n) is 31.2. The number of ether oxygens (including phenoxy) is 2. The van der Waals surface area contributed by atoms with Gasteiger partial charge in [-0.15, -0.1) is 0 Å². The average molecular weight is 724 g/mol. The number of amides is 4. The van der Waals surface area contributed by atoms with Crippen molar-refractivity contribution < 1.29 is 28.7 Å². The summed E-state index contributed by atoms with van der Waals surface area (Å²) >= 11 is 0. The molecule has 6 rings (SSSR count). The first-order valence-corrected chi connectivity index (χ1v) is 18.9. The Bertz CT molecular complexity index is 1780. The molecule has 2 bridgehead atoms. The second-order valence-electron chi connectivity index (χ2n) is 15.2. The molecular weight excluding hydrogens is 670 g/mol. The van der Waals surface area contributed by atoms with E-state index in [1.807, 2.05) is 74.8 Å². The Labute approximate surface area is 312 Å². The molecule has 0 saturated heterocycles. The van der Waals surface area contributed by atoms with Gasteiger partial charge in [-0.1, -0.05) is 36.8 Å². The first-order chi connectivity index (χ1) is 25.6. The van der Waals surface area contributed by atoms with Gasteiger partial charge >= 0.3 is 0 Å². The molecule has 2 unspecified atom stereocenters. The highest BCUT2D eigenvalue weighted by atomic mass is 16.5. The molecule has 282 valence electrons. The number of carbonyl (C=O) groups excluding carboxylic acids is 4. The number of anilines is 1. The molecule has 3 aromatic rings. The Hall–Kier alpha value is -4.90. The van der Waals surface area contributed by atoms with Gasteiger partial charge in [0.15, 0.2) is 0 Å². The molecule has 1 heterocycles. The van der Waals surface area contributed by atoms with Crippen LogP contribution in [0.1, 0.15) is 78.0 Å². The Morgan fingerprint density at radius 1 is 0.981 bits per heavy atom. The molecule has 4 amide bonds. The normalized spacial score (nSPS) is 20.3. The summed E-state index contributed by atoms with van der Waals surface area (Å²) in [5.74, 6) is 2.10. The van der Waals surface area contributed by atoms with Crippen molar-refractivity contribution in [3.05, 3.63) is 89.0 Å². The standard InChI is InChI=1S/C42H53N5O6/c1-45(2)17-5-19-53-35-14-11-30(12-15-35)38-23-32-10-13-34(44-40(49)24-33-21-28-8-9-31(33)20-28)25-37(32)42(51)47(38)18-16-41(50)46(27-39(43)48)26-29-6-4-7-36(22-29)52-3/h4,6-7,10-15,22,25,28,31,33,38H,5,8-9,16-21,23-24,26-27H2,1-3H3,(H2,43,48)(H,44,49)/t28-,31-,33?,38?/m1/s1. The minimum absolute atomic E-state index is 0.0120. The first-order valence-electron chi connectivity index (χ1n) is 18.9. The molecule has 0 radical (unpaired) electrons. The summed E-state index contributed by atoms with van der Waals surface area (Å²) in [5, 5.41) is 3.06. The van der Waals surface area contributed by atoms with E-state index < -0.39 is 5.91 Å². The van der Waals surface area contributed by atoms with Crippen LogP contribution in [-0.4, -0.2) is 85.8 Å². The lowest BCUT2D eigenvalue weighted by Crippen LogP contribution is -2.44. The third-order valence-corrected chi connectivity index (χ3v) is 11.1. The molecule has 0 spiro atoms. The summed E-state index contributed by atoms with van der Waals surface area (Å²) in [4.78, 5) is 58.6. The zero-order valence-corrected chi connectivity index (χ0v) is 31.2. The van der Waals surface area contributed by atoms with Gasteiger partial charge in [0, 0.05) is 43.7 Å². The molecule has 11 heteroatoms. The fourth-order valence-corrected chi connectivity index (χ4v) is 8.42. The van der Waals surface area contributed by atoms with Crippen molar-refractivity contribution in [3.8, 4) is 11.5 Å². The van der Waals surface area contributed by atoms with Crippen molar-refractivity contribution in [1.82, 2.24) is 14.7 Å². The van der Waals surface area contributed by atoms with E-state index in [1.54, 1.807) is 18.1 Å². The van der Waals surface area contributed by atoms with E-state index in [0.717, 1.165) is 47.7 Å². The number of methoxy groups -OCH3 is 1. The molecule has 11 nitrogen and oxygen atoms in total. The predicted molar refractivity (Wildman–Crippen MR) is 203 cm³/mol. The van der Waals surface area contributed by atoms with E-state index in [9.17, 15) is 19.2 Å². The predicted octanol–water partition coefficient (Wildman–Crippen LogP) is 5.43. The van der Waals surface area contributed by atoms with Crippen LogP contribution >= 0.6 is 0 Å². The molecule has 4 atom stereocenters. The Kier molecular flexibility index (Phi) is 12.3. The quantitative estimate of drug-likeness (QED) is 0.177. The number of benzene rings is 3. The van der Waals surface area contributed by atoms with Gasteiger partial charge in [-0.2, -0.15) is 0 Å². The van der Waals surface area contributed by atoms with Gasteiger partial charge in [0.25, 0.3) is 5.91 Å². The summed E-state index contributed by atoms with van der Waals surface area (Å²) in [6, 6.07) is 20.3. The lowest BCUT2D eigenvalue weighted by Gasteiger charge is -2.37. The summed E-state index contributed by atoms with van der Waals surface area (Å²) < 4.78 is 11.3. The summed E-state index contributed by atoms with van der Waals surface area (Å²) in [5.41, 5.74) is 9.27. The molecular formula is C42H53N5O6. The fourth-order valence-electron chi connectivity index (χ4n) is 8.42. The molecule has 2 saturated carbocycles. The third-order valence-electron chi connectivity index (χ3n) is 11.1.